The number of methoxy groups -OCH3 is 1. The van der Waals surface area contributed by atoms with Gasteiger partial charge in [0.2, 0.25) is 0 Å². The summed E-state index contributed by atoms with van der Waals surface area (Å²) in [6.07, 6.45) is 0. The van der Waals surface area contributed by atoms with Gasteiger partial charge < -0.3 is 14.2 Å². The first kappa shape index (κ1) is 16.5. The zero-order chi connectivity index (χ0) is 16.8. The lowest BCUT2D eigenvalue weighted by Crippen LogP contribution is -2.35. The molecular weight excluding hydrogens is 306 g/mol. The summed E-state index contributed by atoms with van der Waals surface area (Å²) >= 11 is 0. The Bertz CT molecular complexity index is 661. The fourth-order valence-corrected chi connectivity index (χ4v) is 2.59. The number of hydrogen-bond donors (Lipinski definition) is 0. The molecule has 2 aromatic rings. The lowest BCUT2D eigenvalue weighted by Gasteiger charge is -2.26. The van der Waals surface area contributed by atoms with Gasteiger partial charge >= 0.3 is 5.97 Å². The molecule has 126 valence electrons. The molecule has 1 aliphatic rings. The SMILES string of the molecule is COC(=O)c1ccc(Oc2ccc(CN3CCOCC3)cc2)cc1. The van der Waals surface area contributed by atoms with Crippen LogP contribution in [0.1, 0.15) is 15.9 Å². The Morgan fingerprint density at radius 1 is 1.00 bits per heavy atom. The van der Waals surface area contributed by atoms with E-state index in [1.807, 2.05) is 12.1 Å². The van der Waals surface area contributed by atoms with E-state index in [1.54, 1.807) is 24.3 Å². The van der Waals surface area contributed by atoms with Crippen LogP contribution in [-0.4, -0.2) is 44.3 Å². The van der Waals surface area contributed by atoms with Crippen LogP contribution in [0.25, 0.3) is 0 Å². The predicted octanol–water partition coefficient (Wildman–Crippen LogP) is 3.10. The fourth-order valence-electron chi connectivity index (χ4n) is 2.59. The Balaban J connectivity index is 1.58. The Hall–Kier alpha value is -2.37. The molecule has 0 aliphatic carbocycles. The van der Waals surface area contributed by atoms with Crippen LogP contribution < -0.4 is 4.74 Å². The van der Waals surface area contributed by atoms with Crippen LogP contribution in [0.2, 0.25) is 0 Å². The number of nitrogens with zero attached hydrogens (tertiary/aromatic N) is 1. The van der Waals surface area contributed by atoms with Crippen LogP contribution in [0.4, 0.5) is 0 Å². The average Bonchev–Trinajstić information content (AvgIpc) is 2.64. The van der Waals surface area contributed by atoms with Crippen LogP contribution in [0.3, 0.4) is 0 Å². The number of benzene rings is 2. The summed E-state index contributed by atoms with van der Waals surface area (Å²) in [4.78, 5) is 13.8. The molecular formula is C19H21NO4. The van der Waals surface area contributed by atoms with Gasteiger partial charge in [-0.15, -0.1) is 0 Å². The van der Waals surface area contributed by atoms with Crippen molar-refractivity contribution >= 4 is 5.97 Å². The second-order valence-corrected chi connectivity index (χ2v) is 5.65. The van der Waals surface area contributed by atoms with Gasteiger partial charge in [0.25, 0.3) is 0 Å². The second kappa shape index (κ2) is 7.95. The van der Waals surface area contributed by atoms with Gasteiger partial charge in [-0.3, -0.25) is 4.90 Å². The van der Waals surface area contributed by atoms with Gasteiger partial charge in [-0.25, -0.2) is 4.79 Å². The zero-order valence-corrected chi connectivity index (χ0v) is 13.7. The summed E-state index contributed by atoms with van der Waals surface area (Å²) in [5.41, 5.74) is 1.76. The minimum absolute atomic E-state index is 0.353. The van der Waals surface area contributed by atoms with E-state index in [2.05, 4.69) is 21.8 Å². The maximum atomic E-state index is 11.4. The van der Waals surface area contributed by atoms with Crippen LogP contribution in [-0.2, 0) is 16.0 Å². The monoisotopic (exact) mass is 327 g/mol. The van der Waals surface area contributed by atoms with Crippen LogP contribution in [0.15, 0.2) is 48.5 Å². The fraction of sp³-hybridized carbons (Fsp3) is 0.316. The van der Waals surface area contributed by atoms with Crippen molar-refractivity contribution in [3.8, 4) is 11.5 Å². The second-order valence-electron chi connectivity index (χ2n) is 5.65. The molecule has 24 heavy (non-hydrogen) atoms. The van der Waals surface area contributed by atoms with E-state index in [4.69, 9.17) is 9.47 Å². The van der Waals surface area contributed by atoms with Gasteiger partial charge in [0.15, 0.2) is 0 Å². The Labute approximate surface area is 141 Å². The van der Waals surface area contributed by atoms with E-state index in [-0.39, 0.29) is 5.97 Å². The molecule has 0 spiro atoms. The minimum atomic E-state index is -0.353. The molecule has 0 saturated carbocycles. The van der Waals surface area contributed by atoms with Crippen molar-refractivity contribution in [2.24, 2.45) is 0 Å². The number of hydrogen-bond acceptors (Lipinski definition) is 5. The van der Waals surface area contributed by atoms with E-state index in [1.165, 1.54) is 12.7 Å². The standard InChI is InChI=1S/C19H21NO4/c1-22-19(21)16-4-8-18(9-5-16)24-17-6-2-15(3-7-17)14-20-10-12-23-13-11-20/h2-9H,10-14H2,1H3. The van der Waals surface area contributed by atoms with E-state index in [9.17, 15) is 4.79 Å². The zero-order valence-electron chi connectivity index (χ0n) is 13.7. The summed E-state index contributed by atoms with van der Waals surface area (Å²) in [6, 6.07) is 15.0. The highest BCUT2D eigenvalue weighted by molar-refractivity contribution is 5.89. The van der Waals surface area contributed by atoms with E-state index >= 15 is 0 Å². The first-order valence-corrected chi connectivity index (χ1v) is 8.00. The quantitative estimate of drug-likeness (QED) is 0.790. The van der Waals surface area contributed by atoms with Crippen molar-refractivity contribution in [1.29, 1.82) is 0 Å². The van der Waals surface area contributed by atoms with Gasteiger partial charge in [-0.2, -0.15) is 0 Å². The van der Waals surface area contributed by atoms with Crippen molar-refractivity contribution in [1.82, 2.24) is 4.90 Å². The third-order valence-corrected chi connectivity index (χ3v) is 3.94. The van der Waals surface area contributed by atoms with Crippen LogP contribution in [0.5, 0.6) is 11.5 Å². The molecule has 1 saturated heterocycles. The van der Waals surface area contributed by atoms with Gasteiger partial charge in [0.05, 0.1) is 25.9 Å². The summed E-state index contributed by atoms with van der Waals surface area (Å²) in [6.45, 7) is 4.50. The van der Waals surface area contributed by atoms with E-state index < -0.39 is 0 Å². The van der Waals surface area contributed by atoms with Crippen molar-refractivity contribution < 1.29 is 19.0 Å². The van der Waals surface area contributed by atoms with Gasteiger partial charge in [0.1, 0.15) is 11.5 Å². The van der Waals surface area contributed by atoms with E-state index in [0.29, 0.717) is 11.3 Å². The van der Waals surface area contributed by atoms with Gasteiger partial charge in [0, 0.05) is 19.6 Å². The molecule has 1 heterocycles. The van der Waals surface area contributed by atoms with Crippen molar-refractivity contribution in [2.45, 2.75) is 6.54 Å². The van der Waals surface area contributed by atoms with Crippen LogP contribution >= 0.6 is 0 Å². The summed E-state index contributed by atoms with van der Waals surface area (Å²) in [5, 5.41) is 0. The highest BCUT2D eigenvalue weighted by atomic mass is 16.5. The number of carbonyl (C=O) groups is 1. The lowest BCUT2D eigenvalue weighted by atomic mass is 10.2. The summed E-state index contributed by atoms with van der Waals surface area (Å²) in [7, 11) is 1.37. The maximum Gasteiger partial charge on any atom is 0.337 e. The number of esters is 1. The molecule has 0 atom stereocenters. The molecule has 5 heteroatoms. The molecule has 0 amide bonds. The average molecular weight is 327 g/mol. The first-order chi connectivity index (χ1) is 11.7. The van der Waals surface area contributed by atoms with Gasteiger partial charge in [-0.05, 0) is 42.0 Å². The largest absolute Gasteiger partial charge is 0.465 e. The highest BCUT2D eigenvalue weighted by Crippen LogP contribution is 2.22. The van der Waals surface area contributed by atoms with E-state index in [0.717, 1.165) is 38.6 Å². The minimum Gasteiger partial charge on any atom is -0.465 e. The Kier molecular flexibility index (Phi) is 5.46. The number of ether oxygens (including phenoxy) is 3. The molecule has 0 bridgehead atoms. The first-order valence-electron chi connectivity index (χ1n) is 8.00. The number of rotatable bonds is 5. The Morgan fingerprint density at radius 3 is 2.17 bits per heavy atom. The molecule has 1 fully saturated rings. The lowest BCUT2D eigenvalue weighted by molar-refractivity contribution is 0.0342. The molecule has 0 aromatic heterocycles. The van der Waals surface area contributed by atoms with Gasteiger partial charge in [-0.1, -0.05) is 12.1 Å². The van der Waals surface area contributed by atoms with Crippen molar-refractivity contribution in [3.05, 3.63) is 59.7 Å². The molecule has 2 aromatic carbocycles. The van der Waals surface area contributed by atoms with Crippen molar-refractivity contribution in [2.75, 3.05) is 33.4 Å². The Morgan fingerprint density at radius 2 is 1.58 bits per heavy atom. The summed E-state index contributed by atoms with van der Waals surface area (Å²) < 4.78 is 15.8. The molecule has 3 rings (SSSR count). The normalized spacial score (nSPS) is 15.0. The molecule has 0 unspecified atom stereocenters. The molecule has 5 nitrogen and oxygen atoms in total. The smallest absolute Gasteiger partial charge is 0.337 e. The highest BCUT2D eigenvalue weighted by Gasteiger charge is 2.10. The maximum absolute atomic E-state index is 11.4. The number of morpholine rings is 1. The molecule has 0 radical (unpaired) electrons. The molecule has 0 N–H and O–H groups in total. The topological polar surface area (TPSA) is 48.0 Å². The third kappa shape index (κ3) is 4.34. The molecule has 1 aliphatic heterocycles. The predicted molar refractivity (Wildman–Crippen MR) is 90.4 cm³/mol. The van der Waals surface area contributed by atoms with Crippen molar-refractivity contribution in [3.63, 3.8) is 0 Å². The number of carbonyl (C=O) groups excluding carboxylic acids is 1. The van der Waals surface area contributed by atoms with Crippen LogP contribution in [0, 0.1) is 0 Å². The summed E-state index contributed by atoms with van der Waals surface area (Å²) in [5.74, 6) is 1.10. The third-order valence-electron chi connectivity index (χ3n) is 3.94.